The maximum Gasteiger partial charge on any atom is 0.159 e. The van der Waals surface area contributed by atoms with E-state index in [1.807, 2.05) is 6.92 Å². The van der Waals surface area contributed by atoms with Gasteiger partial charge in [-0.2, -0.15) is 0 Å². The lowest BCUT2D eigenvalue weighted by Crippen LogP contribution is -2.16. The summed E-state index contributed by atoms with van der Waals surface area (Å²) in [6.07, 6.45) is 1.16. The third-order valence-corrected chi connectivity index (χ3v) is 2.06. The van der Waals surface area contributed by atoms with Gasteiger partial charge in [-0.15, -0.1) is 0 Å². The summed E-state index contributed by atoms with van der Waals surface area (Å²) in [5.74, 6) is -0.133. The van der Waals surface area contributed by atoms with Gasteiger partial charge in [-0.3, -0.25) is 4.79 Å². The van der Waals surface area contributed by atoms with Crippen LogP contribution in [0.1, 0.15) is 48.1 Å². The molecule has 0 amide bonds. The topological polar surface area (TPSA) is 17.1 Å². The Kier molecular flexibility index (Phi) is 0.997. The fourth-order valence-corrected chi connectivity index (χ4v) is 1.34. The molecule has 1 aliphatic carbocycles. The number of carbonyl (C=O) groups is 1. The van der Waals surface area contributed by atoms with Crippen molar-refractivity contribution in [3.8, 4) is 0 Å². The lowest BCUT2D eigenvalue weighted by atomic mass is 9.84. The highest BCUT2D eigenvalue weighted by Crippen LogP contribution is 2.26. The Morgan fingerprint density at radius 3 is 2.91 bits per heavy atom. The van der Waals surface area contributed by atoms with Gasteiger partial charge in [0.15, 0.2) is 5.78 Å². The zero-order valence-electron chi connectivity index (χ0n) is 12.6. The Morgan fingerprint density at radius 2 is 2.36 bits per heavy atom. The molecule has 0 heterocycles. The van der Waals surface area contributed by atoms with Crippen LogP contribution in [0.15, 0.2) is 11.1 Å². The summed E-state index contributed by atoms with van der Waals surface area (Å²) < 4.78 is 43.7. The van der Waals surface area contributed by atoms with E-state index in [1.165, 1.54) is 0 Å². The Labute approximate surface area is 76.9 Å². The minimum atomic E-state index is -2.73. The number of rotatable bonds is 0. The first kappa shape index (κ1) is 3.42. The molecule has 0 aliphatic heterocycles. The second-order valence-corrected chi connectivity index (χ2v) is 3.12. The van der Waals surface area contributed by atoms with Crippen molar-refractivity contribution in [2.45, 2.75) is 39.9 Å². The molecule has 11 heavy (non-hydrogen) atoms. The summed E-state index contributed by atoms with van der Waals surface area (Å²) >= 11 is 0. The molecular weight excluding hydrogens is 136 g/mol. The van der Waals surface area contributed by atoms with Gasteiger partial charge >= 0.3 is 0 Å². The van der Waals surface area contributed by atoms with Crippen LogP contribution in [0.25, 0.3) is 0 Å². The Hall–Kier alpha value is -0.590. The molecule has 1 nitrogen and oxygen atoms in total. The van der Waals surface area contributed by atoms with Gasteiger partial charge in [0.1, 0.15) is 0 Å². The van der Waals surface area contributed by atoms with E-state index in [0.29, 0.717) is 6.42 Å². The smallest absolute Gasteiger partial charge is 0.159 e. The quantitative estimate of drug-likeness (QED) is 0.495. The number of allylic oxidation sites excluding steroid dienone is 2. The van der Waals surface area contributed by atoms with Crippen LogP contribution < -0.4 is 0 Å². The predicted octanol–water partition coefficient (Wildman–Crippen LogP) is 2.71. The first-order valence-electron chi connectivity index (χ1n) is 6.81. The number of carbonyl (C=O) groups excluding carboxylic acids is 1. The number of ketones is 1. The maximum atomic E-state index is 11.8. The molecular formula is C10H16O. The van der Waals surface area contributed by atoms with Crippen molar-refractivity contribution in [2.24, 2.45) is 5.92 Å². The molecule has 0 spiro atoms. The number of hydrogen-bond donors (Lipinski definition) is 0. The molecule has 0 aromatic carbocycles. The minimum Gasteiger partial charge on any atom is -0.295 e. The van der Waals surface area contributed by atoms with E-state index in [4.69, 9.17) is 8.22 Å². The molecule has 0 radical (unpaired) electrons. The van der Waals surface area contributed by atoms with Crippen molar-refractivity contribution in [1.82, 2.24) is 0 Å². The molecule has 1 rings (SSSR count). The van der Waals surface area contributed by atoms with Gasteiger partial charge in [-0.05, 0) is 38.0 Å². The summed E-state index contributed by atoms with van der Waals surface area (Å²) in [7, 11) is 0. The normalized spacial score (nSPS) is 35.9. The molecule has 1 saturated carbocycles. The SMILES string of the molecule is [2H]C([2H])([2H])C(=C1CC[C@@H](C)CC1=O)C([2H])([2H])[2H]. The highest BCUT2D eigenvalue weighted by Gasteiger charge is 2.20. The minimum absolute atomic E-state index is 0.00287. The van der Waals surface area contributed by atoms with Crippen molar-refractivity contribution < 1.29 is 13.0 Å². The van der Waals surface area contributed by atoms with Crippen molar-refractivity contribution in [3.63, 3.8) is 0 Å². The van der Waals surface area contributed by atoms with E-state index < -0.39 is 19.3 Å². The van der Waals surface area contributed by atoms with Gasteiger partial charge in [0.05, 0.1) is 0 Å². The van der Waals surface area contributed by atoms with Gasteiger partial charge in [-0.25, -0.2) is 0 Å². The van der Waals surface area contributed by atoms with Crippen LogP contribution in [0.3, 0.4) is 0 Å². The summed E-state index contributed by atoms with van der Waals surface area (Å²) in [5.41, 5.74) is -0.634. The zero-order valence-corrected chi connectivity index (χ0v) is 6.61. The second kappa shape index (κ2) is 3.21. The molecule has 1 atom stereocenters. The van der Waals surface area contributed by atoms with Crippen LogP contribution in [0.5, 0.6) is 0 Å². The van der Waals surface area contributed by atoms with Crippen LogP contribution in [0.2, 0.25) is 0 Å². The average molecular weight is 158 g/mol. The molecule has 0 aromatic heterocycles. The highest BCUT2D eigenvalue weighted by molar-refractivity contribution is 5.96. The largest absolute Gasteiger partial charge is 0.295 e. The van der Waals surface area contributed by atoms with Crippen molar-refractivity contribution >= 4 is 5.78 Å². The fourth-order valence-electron chi connectivity index (χ4n) is 1.34. The Balaban J connectivity index is 3.25. The van der Waals surface area contributed by atoms with Crippen LogP contribution in [-0.2, 0) is 4.79 Å². The first-order chi connectivity index (χ1) is 7.53. The maximum absolute atomic E-state index is 11.8. The van der Waals surface area contributed by atoms with Gasteiger partial charge < -0.3 is 0 Å². The molecule has 1 aliphatic rings. The molecule has 0 unspecified atom stereocenters. The third kappa shape index (κ3) is 1.92. The Bertz CT molecular complexity index is 333. The van der Waals surface area contributed by atoms with Crippen LogP contribution >= 0.6 is 0 Å². The van der Waals surface area contributed by atoms with Gasteiger partial charge in [0, 0.05) is 14.6 Å². The molecule has 0 saturated heterocycles. The van der Waals surface area contributed by atoms with Crippen LogP contribution in [0.4, 0.5) is 0 Å². The van der Waals surface area contributed by atoms with E-state index in [2.05, 4.69) is 0 Å². The van der Waals surface area contributed by atoms with Crippen molar-refractivity contribution in [3.05, 3.63) is 11.1 Å². The average Bonchev–Trinajstić information content (AvgIpc) is 2.04. The molecule has 0 bridgehead atoms. The van der Waals surface area contributed by atoms with Gasteiger partial charge in [0.2, 0.25) is 0 Å². The van der Waals surface area contributed by atoms with Crippen molar-refractivity contribution in [2.75, 3.05) is 0 Å². The number of hydrogen-bond acceptors (Lipinski definition) is 1. The fraction of sp³-hybridized carbons (Fsp3) is 0.700. The molecule has 1 fully saturated rings. The van der Waals surface area contributed by atoms with E-state index >= 15 is 0 Å². The monoisotopic (exact) mass is 158 g/mol. The summed E-state index contributed by atoms with van der Waals surface area (Å²) in [6.45, 7) is -3.55. The third-order valence-electron chi connectivity index (χ3n) is 2.06. The van der Waals surface area contributed by atoms with Gasteiger partial charge in [-0.1, -0.05) is 12.5 Å². The zero-order chi connectivity index (χ0) is 13.4. The summed E-state index contributed by atoms with van der Waals surface area (Å²) in [4.78, 5) is 11.8. The van der Waals surface area contributed by atoms with Crippen LogP contribution in [-0.4, -0.2) is 5.78 Å². The first-order valence-corrected chi connectivity index (χ1v) is 3.81. The van der Waals surface area contributed by atoms with E-state index in [0.717, 1.165) is 0 Å². The second-order valence-electron chi connectivity index (χ2n) is 3.12. The van der Waals surface area contributed by atoms with Gasteiger partial charge in [0.25, 0.3) is 0 Å². The standard InChI is InChI=1S/C10H16O/c1-7(2)9-5-4-8(3)6-10(9)11/h8H,4-6H2,1-3H3/t8-/m1/s1/i1D3,2D3. The van der Waals surface area contributed by atoms with E-state index in [1.54, 1.807) is 0 Å². The lowest BCUT2D eigenvalue weighted by molar-refractivity contribution is -0.117. The predicted molar refractivity (Wildman–Crippen MR) is 46.4 cm³/mol. The van der Waals surface area contributed by atoms with E-state index in [-0.39, 0.29) is 30.1 Å². The Morgan fingerprint density at radius 1 is 1.64 bits per heavy atom. The molecule has 1 heteroatoms. The summed E-state index contributed by atoms with van der Waals surface area (Å²) in [6, 6.07) is 0. The molecule has 0 N–H and O–H groups in total. The molecule has 0 aromatic rings. The van der Waals surface area contributed by atoms with E-state index in [9.17, 15) is 4.79 Å². The lowest BCUT2D eigenvalue weighted by Gasteiger charge is -2.19. The summed E-state index contributed by atoms with van der Waals surface area (Å²) in [5, 5.41) is 0. The molecule has 62 valence electrons. The van der Waals surface area contributed by atoms with Crippen molar-refractivity contribution in [1.29, 1.82) is 0 Å². The number of Topliss-reactive ketones (excluding diaryl/α,β-unsaturated/α-hetero) is 1. The van der Waals surface area contributed by atoms with Crippen LogP contribution in [0, 0.1) is 5.92 Å². The highest BCUT2D eigenvalue weighted by atomic mass is 16.1.